The Bertz CT molecular complexity index is 2820. The Hall–Kier alpha value is -2.73. The van der Waals surface area contributed by atoms with Gasteiger partial charge in [0.2, 0.25) is 6.29 Å². The first-order valence-corrected chi connectivity index (χ1v) is 34.0. The maximum atomic E-state index is 15.8. The van der Waals surface area contributed by atoms with Crippen LogP contribution in [0.2, 0.25) is 0 Å². The normalized spacial score (nSPS) is 54.6. The standard InChI is InChI=1S/C65H102O32/c1-24-34(70)40(76)50(96-56-46(82)48(93-54-44(80)38(74)36(72)29(20-66)89-54)47(25(2)88-56)92-53-43(79)35(71)28(69)22-86-53)57(87-24)97-59(85)65-17-15-60(3,4)19-27(65)26-9-10-32-61(5)13-12-33(62(6,23-68)31(61)11-14-64(32,8)63(26,7)16-18-65)91-58-51(42(78)41(77)49(94-58)52(83)84)95-55-45(81)39(75)37(73)30(21-67)90-55/h9,23-25,27-51,53-58,66-67,69-82H,10-22H2,1-8H3,(H,83,84). The monoisotopic (exact) mass is 1390 g/mol. The van der Waals surface area contributed by atoms with Crippen LogP contribution in [0.5, 0.6) is 0 Å². The van der Waals surface area contributed by atoms with E-state index in [4.69, 9.17) is 56.8 Å². The summed E-state index contributed by atoms with van der Waals surface area (Å²) in [7, 11) is 0. The molecule has 17 N–H and O–H groups in total. The quantitative estimate of drug-likeness (QED) is 0.0300. The van der Waals surface area contributed by atoms with Gasteiger partial charge >= 0.3 is 11.9 Å². The number of carbonyl (C=O) groups is 3. The molecule has 554 valence electrons. The first kappa shape index (κ1) is 75.4. The maximum Gasteiger partial charge on any atom is 0.335 e. The molecule has 0 aromatic rings. The van der Waals surface area contributed by atoms with Gasteiger partial charge in [-0.05, 0) is 117 Å². The SMILES string of the molecule is CC1OC(OC(=O)C23CCC(C)(C)CC2C2=CCC4C5(C)CCC(OC6OC(C(=O)O)C(O)C(O)C6OC6OC(CO)C(O)C(O)C6O)C(C)(C=O)C5CCC4(C)C2(C)CC3)C(OC2OC(C)C(OC3OCC(O)C(O)C3O)C(OC3OC(CO)C(O)C(O)C3O)C2O)C(O)C1O. The summed E-state index contributed by atoms with van der Waals surface area (Å²) in [5, 5.41) is 184. The van der Waals surface area contributed by atoms with Gasteiger partial charge < -0.3 is 148 Å². The fourth-order valence-electron chi connectivity index (χ4n) is 18.9. The van der Waals surface area contributed by atoms with Gasteiger partial charge in [0, 0.05) is 0 Å². The highest BCUT2D eigenvalue weighted by Gasteiger charge is 2.71. The summed E-state index contributed by atoms with van der Waals surface area (Å²) in [6.45, 7) is 13.5. The number of rotatable bonds is 16. The lowest BCUT2D eigenvalue weighted by atomic mass is 9.33. The zero-order valence-electron chi connectivity index (χ0n) is 55.6. The smallest absolute Gasteiger partial charge is 0.335 e. The molecule has 0 aromatic heterocycles. The van der Waals surface area contributed by atoms with Crippen molar-refractivity contribution in [2.75, 3.05) is 19.8 Å². The van der Waals surface area contributed by atoms with Crippen LogP contribution < -0.4 is 0 Å². The number of carbonyl (C=O) groups excluding carboxylic acids is 2. The van der Waals surface area contributed by atoms with Crippen molar-refractivity contribution in [1.29, 1.82) is 0 Å². The fraction of sp³-hybridized carbons (Fsp3) is 0.923. The van der Waals surface area contributed by atoms with Crippen molar-refractivity contribution in [3.63, 3.8) is 0 Å². The number of hydrogen-bond acceptors (Lipinski definition) is 31. The Balaban J connectivity index is 0.843. The van der Waals surface area contributed by atoms with E-state index >= 15 is 4.79 Å². The molecule has 0 aromatic carbocycles. The van der Waals surface area contributed by atoms with Crippen LogP contribution in [0.15, 0.2) is 11.6 Å². The van der Waals surface area contributed by atoms with Crippen molar-refractivity contribution < 1.29 is 158 Å². The summed E-state index contributed by atoms with van der Waals surface area (Å²) in [5.41, 5.74) is -3.23. The third kappa shape index (κ3) is 12.8. The van der Waals surface area contributed by atoms with E-state index in [1.807, 2.05) is 0 Å². The predicted molar refractivity (Wildman–Crippen MR) is 320 cm³/mol. The third-order valence-electron chi connectivity index (χ3n) is 25.1. The van der Waals surface area contributed by atoms with Crippen LogP contribution in [0.3, 0.4) is 0 Å². The number of esters is 1. The van der Waals surface area contributed by atoms with Gasteiger partial charge in [-0.15, -0.1) is 0 Å². The lowest BCUT2D eigenvalue weighted by Crippen LogP contribution is -2.68. The molecule has 6 saturated heterocycles. The van der Waals surface area contributed by atoms with Gasteiger partial charge in [-0.25, -0.2) is 4.79 Å². The highest BCUT2D eigenvalue weighted by molar-refractivity contribution is 5.79. The molecule has 0 amide bonds. The molecule has 0 radical (unpaired) electrons. The number of aldehydes is 1. The molecule has 0 bridgehead atoms. The number of carboxylic acids is 1. The van der Waals surface area contributed by atoms with E-state index in [2.05, 4.69) is 40.7 Å². The zero-order chi connectivity index (χ0) is 70.9. The maximum absolute atomic E-state index is 15.8. The van der Waals surface area contributed by atoms with Gasteiger partial charge in [-0.3, -0.25) is 4.79 Å². The predicted octanol–water partition coefficient (Wildman–Crippen LogP) is -4.42. The second-order valence-corrected chi connectivity index (χ2v) is 31.1. The number of aliphatic carboxylic acids is 1. The summed E-state index contributed by atoms with van der Waals surface area (Å²) < 4.78 is 72.5. The molecule has 11 rings (SSSR count). The molecule has 97 heavy (non-hydrogen) atoms. The van der Waals surface area contributed by atoms with Crippen molar-refractivity contribution in [1.82, 2.24) is 0 Å². The lowest BCUT2D eigenvalue weighted by Gasteiger charge is -2.71. The van der Waals surface area contributed by atoms with Crippen LogP contribution in [-0.2, 0) is 71.2 Å². The van der Waals surface area contributed by atoms with E-state index in [1.54, 1.807) is 6.92 Å². The number of carboxylic acid groups (broad SMARTS) is 1. The van der Waals surface area contributed by atoms with Gasteiger partial charge in [0.25, 0.3) is 0 Å². The Morgan fingerprint density at radius 2 is 1.07 bits per heavy atom. The summed E-state index contributed by atoms with van der Waals surface area (Å²) >= 11 is 0. The first-order chi connectivity index (χ1) is 45.5. The minimum absolute atomic E-state index is 0.0634. The lowest BCUT2D eigenvalue weighted by molar-refractivity contribution is -0.394. The topological polar surface area (TPSA) is 506 Å². The van der Waals surface area contributed by atoms with Crippen molar-refractivity contribution >= 4 is 18.2 Å². The van der Waals surface area contributed by atoms with E-state index in [1.165, 1.54) is 13.8 Å². The molecule has 38 unspecified atom stereocenters. The largest absolute Gasteiger partial charge is 0.479 e. The van der Waals surface area contributed by atoms with Crippen LogP contribution in [0, 0.1) is 50.2 Å². The minimum Gasteiger partial charge on any atom is -0.479 e. The van der Waals surface area contributed by atoms with Crippen molar-refractivity contribution in [2.24, 2.45) is 50.2 Å². The summed E-state index contributed by atoms with van der Waals surface area (Å²) in [6.07, 6.45) is -44.7. The molecule has 38 atom stereocenters. The second-order valence-electron chi connectivity index (χ2n) is 31.1. The van der Waals surface area contributed by atoms with Crippen molar-refractivity contribution in [3.8, 4) is 0 Å². The summed E-state index contributed by atoms with van der Waals surface area (Å²) in [4.78, 5) is 42.2. The molecule has 10 fully saturated rings. The Morgan fingerprint density at radius 1 is 0.526 bits per heavy atom. The molecule has 6 heterocycles. The number of ether oxygens (including phenoxy) is 12. The van der Waals surface area contributed by atoms with Crippen LogP contribution in [0.4, 0.5) is 0 Å². The van der Waals surface area contributed by atoms with Gasteiger partial charge in [-0.1, -0.05) is 53.2 Å². The highest BCUT2D eigenvalue weighted by atomic mass is 16.8. The molecular weight excluding hydrogens is 1290 g/mol. The van der Waals surface area contributed by atoms with E-state index in [-0.39, 0.29) is 23.7 Å². The Labute approximate surface area is 560 Å². The first-order valence-electron chi connectivity index (χ1n) is 34.0. The van der Waals surface area contributed by atoms with E-state index < -0.39 is 249 Å². The highest BCUT2D eigenvalue weighted by Crippen LogP contribution is 2.76. The number of fused-ring (bicyclic) bond motifs is 7. The minimum atomic E-state index is -2.10. The van der Waals surface area contributed by atoms with Gasteiger partial charge in [0.05, 0.1) is 49.0 Å². The number of hydrogen-bond donors (Lipinski definition) is 17. The van der Waals surface area contributed by atoms with Crippen molar-refractivity contribution in [2.45, 2.75) is 304 Å². The fourth-order valence-corrected chi connectivity index (χ4v) is 18.9. The average Bonchev–Trinajstić information content (AvgIpc) is 0.675. The van der Waals surface area contributed by atoms with Crippen LogP contribution in [-0.4, -0.2) is 309 Å². The van der Waals surface area contributed by atoms with Crippen molar-refractivity contribution in [3.05, 3.63) is 11.6 Å². The molecule has 6 aliphatic heterocycles. The molecule has 32 nitrogen and oxygen atoms in total. The van der Waals surface area contributed by atoms with E-state index in [0.717, 1.165) is 11.9 Å². The average molecular weight is 1400 g/mol. The van der Waals surface area contributed by atoms with Crippen LogP contribution in [0.1, 0.15) is 120 Å². The second kappa shape index (κ2) is 28.0. The molecule has 4 saturated carbocycles. The van der Waals surface area contributed by atoms with Gasteiger partial charge in [-0.2, -0.15) is 0 Å². The molecule has 32 heteroatoms. The van der Waals surface area contributed by atoms with Crippen LogP contribution >= 0.6 is 0 Å². The molecular formula is C65H102O32. The molecule has 5 aliphatic carbocycles. The number of aliphatic hydroxyl groups is 16. The Morgan fingerprint density at radius 3 is 1.67 bits per heavy atom. The zero-order valence-corrected chi connectivity index (χ0v) is 55.6. The molecule has 11 aliphatic rings. The van der Waals surface area contributed by atoms with Gasteiger partial charge in [0.15, 0.2) is 43.7 Å². The number of allylic oxidation sites excluding steroid dienone is 2. The summed E-state index contributed by atoms with van der Waals surface area (Å²) in [5.74, 6) is -3.15. The third-order valence-corrected chi connectivity index (χ3v) is 25.1. The van der Waals surface area contributed by atoms with Gasteiger partial charge in [0.1, 0.15) is 122 Å². The van der Waals surface area contributed by atoms with E-state index in [0.29, 0.717) is 57.8 Å². The molecule has 0 spiro atoms. The Kier molecular flexibility index (Phi) is 21.8. The van der Waals surface area contributed by atoms with E-state index in [9.17, 15) is 96.4 Å². The number of aliphatic hydroxyl groups excluding tert-OH is 16. The summed E-state index contributed by atoms with van der Waals surface area (Å²) in [6, 6.07) is 0. The van der Waals surface area contributed by atoms with Crippen LogP contribution in [0.25, 0.3) is 0 Å².